The summed E-state index contributed by atoms with van der Waals surface area (Å²) in [5, 5.41) is 0.397. The number of benzene rings is 2. The fourth-order valence-electron chi connectivity index (χ4n) is 2.54. The normalized spacial score (nSPS) is 12.6. The molecule has 6 nitrogen and oxygen atoms in total. The molecule has 0 bridgehead atoms. The molecule has 1 atom stereocenters. The molecule has 156 valence electrons. The molecule has 0 saturated heterocycles. The molecule has 0 heterocycles. The number of carbonyl (C=O) groups excluding carboxylic acids is 2. The number of sulfonamides is 1. The average molecular weight is 438 g/mol. The molecule has 0 amide bonds. The Kier molecular flexibility index (Phi) is 7.96. The maximum atomic E-state index is 12.6. The third-order valence-corrected chi connectivity index (χ3v) is 6.07. The fourth-order valence-corrected chi connectivity index (χ4v) is 4.00. The Morgan fingerprint density at radius 2 is 1.62 bits per heavy atom. The number of ketones is 1. The molecule has 29 heavy (non-hydrogen) atoms. The van der Waals surface area contributed by atoms with Gasteiger partial charge in [-0.05, 0) is 42.2 Å². The molecule has 2 aromatic carbocycles. The molecule has 1 N–H and O–H groups in total. The van der Waals surface area contributed by atoms with Gasteiger partial charge in [-0.2, -0.15) is 4.72 Å². The second kappa shape index (κ2) is 10.0. The standard InChI is InChI=1S/C21H24ClNO5S/c1-4-15-5-7-16(8-6-15)19(24)13-28-21(25)20(14(2)3)23-29(26,27)18-11-9-17(22)10-12-18/h5-12,14,20,23H,4,13H2,1-3H3. The molecule has 8 heteroatoms. The number of esters is 1. The van der Waals surface area contributed by atoms with Crippen LogP contribution >= 0.6 is 11.6 Å². The zero-order valence-corrected chi connectivity index (χ0v) is 18.1. The highest BCUT2D eigenvalue weighted by molar-refractivity contribution is 7.89. The van der Waals surface area contributed by atoms with Crippen molar-refractivity contribution in [1.29, 1.82) is 0 Å². The average Bonchev–Trinajstić information content (AvgIpc) is 2.70. The van der Waals surface area contributed by atoms with Crippen LogP contribution in [0.15, 0.2) is 53.4 Å². The first-order valence-corrected chi connectivity index (χ1v) is 11.1. The van der Waals surface area contributed by atoms with Crippen LogP contribution in [0.2, 0.25) is 5.02 Å². The molecule has 2 rings (SSSR count). The highest BCUT2D eigenvalue weighted by Gasteiger charge is 2.30. The Morgan fingerprint density at radius 1 is 1.03 bits per heavy atom. The maximum absolute atomic E-state index is 12.6. The zero-order chi connectivity index (χ0) is 21.6. The number of hydrogen-bond acceptors (Lipinski definition) is 5. The van der Waals surface area contributed by atoms with Gasteiger partial charge in [-0.25, -0.2) is 8.42 Å². The number of Topliss-reactive ketones (excluding diaryl/α,β-unsaturated/α-hetero) is 1. The summed E-state index contributed by atoms with van der Waals surface area (Å²) in [7, 11) is -3.96. The SMILES string of the molecule is CCc1ccc(C(=O)COC(=O)C(NS(=O)(=O)c2ccc(Cl)cc2)C(C)C)cc1. The predicted molar refractivity (Wildman–Crippen MR) is 112 cm³/mol. The van der Waals surface area contributed by atoms with E-state index in [4.69, 9.17) is 16.3 Å². The lowest BCUT2D eigenvalue weighted by molar-refractivity contribution is -0.145. The quantitative estimate of drug-likeness (QED) is 0.478. The molecule has 0 aromatic heterocycles. The smallest absolute Gasteiger partial charge is 0.324 e. The van der Waals surface area contributed by atoms with Gasteiger partial charge in [0.2, 0.25) is 10.0 Å². The number of ether oxygens (including phenoxy) is 1. The van der Waals surface area contributed by atoms with Crippen molar-refractivity contribution < 1.29 is 22.7 Å². The summed E-state index contributed by atoms with van der Waals surface area (Å²) in [6.07, 6.45) is 0.854. The van der Waals surface area contributed by atoms with Crippen LogP contribution in [-0.2, 0) is 26.0 Å². The van der Waals surface area contributed by atoms with Gasteiger partial charge in [-0.1, -0.05) is 56.6 Å². The van der Waals surface area contributed by atoms with Crippen LogP contribution in [0.1, 0.15) is 36.7 Å². The largest absolute Gasteiger partial charge is 0.456 e. The summed E-state index contributed by atoms with van der Waals surface area (Å²) in [5.41, 5.74) is 1.52. The third kappa shape index (κ3) is 6.39. The lowest BCUT2D eigenvalue weighted by Crippen LogP contribution is -2.45. The van der Waals surface area contributed by atoms with Crippen LogP contribution in [-0.4, -0.2) is 32.8 Å². The van der Waals surface area contributed by atoms with Crippen molar-refractivity contribution in [3.05, 3.63) is 64.7 Å². The number of hydrogen-bond donors (Lipinski definition) is 1. The van der Waals surface area contributed by atoms with E-state index in [1.165, 1.54) is 24.3 Å². The molecule has 1 unspecified atom stereocenters. The summed E-state index contributed by atoms with van der Waals surface area (Å²) in [6, 6.07) is 11.5. The van der Waals surface area contributed by atoms with Crippen molar-refractivity contribution in [3.63, 3.8) is 0 Å². The van der Waals surface area contributed by atoms with E-state index in [1.54, 1.807) is 26.0 Å². The Morgan fingerprint density at radius 3 is 2.14 bits per heavy atom. The second-order valence-electron chi connectivity index (χ2n) is 6.88. The molecular weight excluding hydrogens is 414 g/mol. The van der Waals surface area contributed by atoms with E-state index in [0.717, 1.165) is 12.0 Å². The van der Waals surface area contributed by atoms with E-state index >= 15 is 0 Å². The number of aryl methyl sites for hydroxylation is 1. The van der Waals surface area contributed by atoms with Crippen molar-refractivity contribution in [3.8, 4) is 0 Å². The number of halogens is 1. The van der Waals surface area contributed by atoms with Gasteiger partial charge in [0, 0.05) is 10.6 Å². The lowest BCUT2D eigenvalue weighted by Gasteiger charge is -2.20. The molecular formula is C21H24ClNO5S. The van der Waals surface area contributed by atoms with Crippen LogP contribution in [0, 0.1) is 5.92 Å². The van der Waals surface area contributed by atoms with Crippen LogP contribution in [0.5, 0.6) is 0 Å². The van der Waals surface area contributed by atoms with Gasteiger partial charge >= 0.3 is 5.97 Å². The minimum Gasteiger partial charge on any atom is -0.456 e. The van der Waals surface area contributed by atoms with Crippen LogP contribution < -0.4 is 4.72 Å². The fraction of sp³-hybridized carbons (Fsp3) is 0.333. The first-order valence-electron chi connectivity index (χ1n) is 9.20. The molecule has 0 aliphatic carbocycles. The molecule has 0 spiro atoms. The van der Waals surface area contributed by atoms with Gasteiger partial charge in [0.15, 0.2) is 12.4 Å². The van der Waals surface area contributed by atoms with Gasteiger partial charge in [-0.3, -0.25) is 9.59 Å². The van der Waals surface area contributed by atoms with Crippen LogP contribution in [0.4, 0.5) is 0 Å². The summed E-state index contributed by atoms with van der Waals surface area (Å²) in [6.45, 7) is 4.91. The molecule has 0 aliphatic heterocycles. The van der Waals surface area contributed by atoms with E-state index in [9.17, 15) is 18.0 Å². The highest BCUT2D eigenvalue weighted by atomic mass is 35.5. The van der Waals surface area contributed by atoms with Gasteiger partial charge in [0.25, 0.3) is 0 Å². The summed E-state index contributed by atoms with van der Waals surface area (Å²) in [4.78, 5) is 24.7. The van der Waals surface area contributed by atoms with Crippen molar-refractivity contribution in [2.45, 2.75) is 38.1 Å². The van der Waals surface area contributed by atoms with Crippen molar-refractivity contribution in [2.75, 3.05) is 6.61 Å². The van der Waals surface area contributed by atoms with Gasteiger partial charge in [0.1, 0.15) is 6.04 Å². The molecule has 0 radical (unpaired) electrons. The predicted octanol–water partition coefficient (Wildman–Crippen LogP) is 3.63. The van der Waals surface area contributed by atoms with E-state index < -0.39 is 28.6 Å². The monoisotopic (exact) mass is 437 g/mol. The van der Waals surface area contributed by atoms with Crippen molar-refractivity contribution in [2.24, 2.45) is 5.92 Å². The number of nitrogens with one attached hydrogen (secondary N) is 1. The summed E-state index contributed by atoms with van der Waals surface area (Å²) in [5.74, 6) is -1.55. The van der Waals surface area contributed by atoms with Gasteiger partial charge in [0.05, 0.1) is 4.90 Å². The highest BCUT2D eigenvalue weighted by Crippen LogP contribution is 2.16. The molecule has 0 fully saturated rings. The summed E-state index contributed by atoms with van der Waals surface area (Å²) < 4.78 is 32.6. The second-order valence-corrected chi connectivity index (χ2v) is 9.03. The Bertz CT molecular complexity index is 954. The van der Waals surface area contributed by atoms with E-state index in [1.807, 2.05) is 19.1 Å². The van der Waals surface area contributed by atoms with Crippen molar-refractivity contribution >= 4 is 33.4 Å². The van der Waals surface area contributed by atoms with E-state index in [0.29, 0.717) is 10.6 Å². The van der Waals surface area contributed by atoms with Crippen molar-refractivity contribution in [1.82, 2.24) is 4.72 Å². The minimum atomic E-state index is -3.96. The minimum absolute atomic E-state index is 0.0209. The first kappa shape index (κ1) is 23.1. The van der Waals surface area contributed by atoms with Gasteiger partial charge in [-0.15, -0.1) is 0 Å². The number of rotatable bonds is 9. The summed E-state index contributed by atoms with van der Waals surface area (Å²) >= 11 is 5.79. The van der Waals surface area contributed by atoms with Gasteiger partial charge < -0.3 is 4.74 Å². The van der Waals surface area contributed by atoms with E-state index in [-0.39, 0.29) is 16.6 Å². The first-order chi connectivity index (χ1) is 13.6. The molecule has 2 aromatic rings. The van der Waals surface area contributed by atoms with E-state index in [2.05, 4.69) is 4.72 Å². The van der Waals surface area contributed by atoms with Crippen LogP contribution in [0.25, 0.3) is 0 Å². The number of carbonyl (C=O) groups is 2. The lowest BCUT2D eigenvalue weighted by atomic mass is 10.1. The Labute approximate surface area is 176 Å². The maximum Gasteiger partial charge on any atom is 0.324 e. The molecule has 0 aliphatic rings. The topological polar surface area (TPSA) is 89.5 Å². The Balaban J connectivity index is 2.05. The third-order valence-electron chi connectivity index (χ3n) is 4.36. The molecule has 0 saturated carbocycles. The van der Waals surface area contributed by atoms with Crippen LogP contribution in [0.3, 0.4) is 0 Å². The zero-order valence-electron chi connectivity index (χ0n) is 16.5. The Hall–Kier alpha value is -2.22.